The predicted octanol–water partition coefficient (Wildman–Crippen LogP) is 3.35. The van der Waals surface area contributed by atoms with Gasteiger partial charge in [-0.3, -0.25) is 9.78 Å². The van der Waals surface area contributed by atoms with Crippen molar-refractivity contribution in [2.45, 2.75) is 4.90 Å². The fourth-order valence-corrected chi connectivity index (χ4v) is 3.03. The first-order valence-corrected chi connectivity index (χ1v) is 6.74. The molecular weight excluding hydrogens is 256 g/mol. The van der Waals surface area contributed by atoms with E-state index in [1.54, 1.807) is 42.4 Å². The molecule has 2 aromatic rings. The Kier molecular flexibility index (Phi) is 3.09. The summed E-state index contributed by atoms with van der Waals surface area (Å²) in [6.07, 6.45) is 4.92. The molecule has 0 amide bonds. The van der Waals surface area contributed by atoms with Crippen molar-refractivity contribution in [3.63, 3.8) is 0 Å². The van der Waals surface area contributed by atoms with E-state index >= 15 is 0 Å². The molecule has 19 heavy (non-hydrogen) atoms. The zero-order valence-corrected chi connectivity index (χ0v) is 11.2. The summed E-state index contributed by atoms with van der Waals surface area (Å²) in [6.45, 7) is 0. The van der Waals surface area contributed by atoms with Crippen LogP contribution in [0.4, 0.5) is 5.69 Å². The van der Waals surface area contributed by atoms with Gasteiger partial charge in [0, 0.05) is 36.0 Å². The number of para-hydroxylation sites is 1. The van der Waals surface area contributed by atoms with E-state index in [4.69, 9.17) is 0 Å². The summed E-state index contributed by atoms with van der Waals surface area (Å²) >= 11 is 1.61. The van der Waals surface area contributed by atoms with Gasteiger partial charge < -0.3 is 4.90 Å². The smallest absolute Gasteiger partial charge is 0.190 e. The Morgan fingerprint density at radius 2 is 2.11 bits per heavy atom. The number of aromatic nitrogens is 1. The molecule has 0 atom stereocenters. The first kappa shape index (κ1) is 12.0. The average Bonchev–Trinajstić information content (AvgIpc) is 2.77. The number of anilines is 1. The molecule has 0 saturated heterocycles. The Bertz CT molecular complexity index is 652. The van der Waals surface area contributed by atoms with E-state index in [1.165, 1.54) is 4.90 Å². The second-order valence-electron chi connectivity index (χ2n) is 4.22. The number of rotatable bonds is 2. The monoisotopic (exact) mass is 268 g/mol. The third-order valence-corrected chi connectivity index (χ3v) is 4.14. The van der Waals surface area contributed by atoms with Gasteiger partial charge in [0.15, 0.2) is 5.78 Å². The van der Waals surface area contributed by atoms with Crippen LogP contribution in [0.2, 0.25) is 0 Å². The third-order valence-electron chi connectivity index (χ3n) is 2.97. The molecule has 0 bridgehead atoms. The summed E-state index contributed by atoms with van der Waals surface area (Å²) in [7, 11) is 1.97. The number of hydrogen-bond acceptors (Lipinski definition) is 4. The highest BCUT2D eigenvalue weighted by Gasteiger charge is 2.22. The Balaban J connectivity index is 1.89. The van der Waals surface area contributed by atoms with Crippen LogP contribution in [0.15, 0.2) is 64.8 Å². The van der Waals surface area contributed by atoms with E-state index in [-0.39, 0.29) is 5.78 Å². The van der Waals surface area contributed by atoms with Gasteiger partial charge in [-0.15, -0.1) is 0 Å². The molecule has 1 aliphatic rings. The van der Waals surface area contributed by atoms with Crippen molar-refractivity contribution in [3.05, 3.63) is 65.5 Å². The molecule has 0 fully saturated rings. The van der Waals surface area contributed by atoms with E-state index in [1.807, 2.05) is 24.1 Å². The fraction of sp³-hybridized carbons (Fsp3) is 0.0667. The quantitative estimate of drug-likeness (QED) is 0.618. The molecule has 1 aliphatic heterocycles. The Hall–Kier alpha value is -2.07. The summed E-state index contributed by atoms with van der Waals surface area (Å²) in [5, 5.41) is 0.940. The van der Waals surface area contributed by atoms with E-state index < -0.39 is 0 Å². The van der Waals surface area contributed by atoms with Gasteiger partial charge >= 0.3 is 0 Å². The number of ketones is 1. The standard InChI is InChI=1S/C15H12N2OS/c1-17-12-6-2-3-7-14(12)19-15(17)9-13(18)11-5-4-8-16-10-11/h2-10H,1H3. The van der Waals surface area contributed by atoms with Gasteiger partial charge in [-0.1, -0.05) is 23.9 Å². The van der Waals surface area contributed by atoms with Gasteiger partial charge in [0.2, 0.25) is 0 Å². The van der Waals surface area contributed by atoms with E-state index in [0.717, 1.165) is 10.7 Å². The minimum absolute atomic E-state index is 0.0183. The maximum Gasteiger partial charge on any atom is 0.190 e. The van der Waals surface area contributed by atoms with Crippen LogP contribution in [0, 0.1) is 0 Å². The molecule has 3 nitrogen and oxygen atoms in total. The Morgan fingerprint density at radius 3 is 2.84 bits per heavy atom. The molecule has 3 rings (SSSR count). The summed E-state index contributed by atoms with van der Waals surface area (Å²) in [6, 6.07) is 11.7. The molecular formula is C15H12N2OS. The van der Waals surface area contributed by atoms with Crippen LogP contribution in [-0.2, 0) is 0 Å². The van der Waals surface area contributed by atoms with Gasteiger partial charge in [-0.2, -0.15) is 0 Å². The van der Waals surface area contributed by atoms with Crippen molar-refractivity contribution in [2.75, 3.05) is 11.9 Å². The van der Waals surface area contributed by atoms with Gasteiger partial charge in [-0.05, 0) is 24.3 Å². The maximum absolute atomic E-state index is 12.1. The minimum Gasteiger partial charge on any atom is -0.338 e. The normalized spacial score (nSPS) is 15.6. The molecule has 0 N–H and O–H groups in total. The minimum atomic E-state index is -0.0183. The lowest BCUT2D eigenvalue weighted by molar-refractivity contribution is 0.104. The molecule has 0 unspecified atom stereocenters. The van der Waals surface area contributed by atoms with Gasteiger partial charge in [0.1, 0.15) is 0 Å². The number of benzene rings is 1. The van der Waals surface area contributed by atoms with E-state index in [0.29, 0.717) is 5.56 Å². The highest BCUT2D eigenvalue weighted by Crippen LogP contribution is 2.44. The van der Waals surface area contributed by atoms with Crippen LogP contribution < -0.4 is 4.90 Å². The van der Waals surface area contributed by atoms with Crippen LogP contribution >= 0.6 is 11.8 Å². The van der Waals surface area contributed by atoms with Gasteiger partial charge in [-0.25, -0.2) is 0 Å². The lowest BCUT2D eigenvalue weighted by Crippen LogP contribution is -2.11. The highest BCUT2D eigenvalue weighted by atomic mass is 32.2. The Morgan fingerprint density at radius 1 is 1.26 bits per heavy atom. The number of carbonyl (C=O) groups excluding carboxylic acids is 1. The number of fused-ring (bicyclic) bond motifs is 1. The lowest BCUT2D eigenvalue weighted by Gasteiger charge is -2.12. The topological polar surface area (TPSA) is 33.2 Å². The SMILES string of the molecule is CN1C(=CC(=O)c2cccnc2)Sc2ccccc21. The van der Waals surface area contributed by atoms with Crippen molar-refractivity contribution >= 4 is 23.2 Å². The molecule has 2 heterocycles. The number of pyridine rings is 1. The first-order valence-electron chi connectivity index (χ1n) is 5.92. The lowest BCUT2D eigenvalue weighted by atomic mass is 10.2. The number of carbonyl (C=O) groups is 1. The molecule has 94 valence electrons. The molecule has 0 aliphatic carbocycles. The number of thioether (sulfide) groups is 1. The molecule has 4 heteroatoms. The van der Waals surface area contributed by atoms with Crippen LogP contribution in [-0.4, -0.2) is 17.8 Å². The zero-order chi connectivity index (χ0) is 13.2. The first-order chi connectivity index (χ1) is 9.25. The summed E-state index contributed by atoms with van der Waals surface area (Å²) in [4.78, 5) is 19.3. The average molecular weight is 268 g/mol. The highest BCUT2D eigenvalue weighted by molar-refractivity contribution is 8.03. The van der Waals surface area contributed by atoms with E-state index in [9.17, 15) is 4.79 Å². The fourth-order valence-electron chi connectivity index (χ4n) is 1.95. The molecule has 0 saturated carbocycles. The van der Waals surface area contributed by atoms with Crippen molar-refractivity contribution < 1.29 is 4.79 Å². The second-order valence-corrected chi connectivity index (χ2v) is 5.28. The van der Waals surface area contributed by atoms with Crippen molar-refractivity contribution in [2.24, 2.45) is 0 Å². The summed E-state index contributed by atoms with van der Waals surface area (Å²) in [5.41, 5.74) is 1.75. The largest absolute Gasteiger partial charge is 0.338 e. The number of allylic oxidation sites excluding steroid dienone is 1. The number of hydrogen-bond donors (Lipinski definition) is 0. The second kappa shape index (κ2) is 4.90. The van der Waals surface area contributed by atoms with Crippen molar-refractivity contribution in [3.8, 4) is 0 Å². The van der Waals surface area contributed by atoms with Crippen LogP contribution in [0.1, 0.15) is 10.4 Å². The zero-order valence-electron chi connectivity index (χ0n) is 10.4. The molecule has 1 aromatic carbocycles. The summed E-state index contributed by atoms with van der Waals surface area (Å²) < 4.78 is 0. The van der Waals surface area contributed by atoms with E-state index in [2.05, 4.69) is 17.1 Å². The van der Waals surface area contributed by atoms with Crippen LogP contribution in [0.5, 0.6) is 0 Å². The molecule has 0 spiro atoms. The third kappa shape index (κ3) is 2.27. The predicted molar refractivity (Wildman–Crippen MR) is 77.4 cm³/mol. The van der Waals surface area contributed by atoms with Crippen molar-refractivity contribution in [1.82, 2.24) is 4.98 Å². The maximum atomic E-state index is 12.1. The number of nitrogens with zero attached hydrogens (tertiary/aromatic N) is 2. The Labute approximate surface area is 116 Å². The molecule has 1 aromatic heterocycles. The van der Waals surface area contributed by atoms with Crippen molar-refractivity contribution in [1.29, 1.82) is 0 Å². The van der Waals surface area contributed by atoms with Gasteiger partial charge in [0.05, 0.1) is 10.7 Å². The van der Waals surface area contributed by atoms with Crippen LogP contribution in [0.25, 0.3) is 0 Å². The van der Waals surface area contributed by atoms with Gasteiger partial charge in [0.25, 0.3) is 0 Å². The molecule has 0 radical (unpaired) electrons. The van der Waals surface area contributed by atoms with Crippen LogP contribution in [0.3, 0.4) is 0 Å². The summed E-state index contributed by atoms with van der Waals surface area (Å²) in [5.74, 6) is -0.0183.